The van der Waals surface area contributed by atoms with Crippen LogP contribution in [0.3, 0.4) is 0 Å². The zero-order valence-electron chi connectivity index (χ0n) is 16.9. The quantitative estimate of drug-likeness (QED) is 0.700. The van der Waals surface area contributed by atoms with E-state index in [9.17, 15) is 0 Å². The molecule has 4 heteroatoms. The third-order valence-corrected chi connectivity index (χ3v) is 6.44. The zero-order chi connectivity index (χ0) is 19.5. The van der Waals surface area contributed by atoms with Crippen molar-refractivity contribution < 1.29 is 0 Å². The van der Waals surface area contributed by atoms with Crippen LogP contribution in [0.4, 0.5) is 5.69 Å². The maximum atomic E-state index is 5.60. The molecule has 0 aliphatic carbocycles. The van der Waals surface area contributed by atoms with Gasteiger partial charge in [0.1, 0.15) is 0 Å². The summed E-state index contributed by atoms with van der Waals surface area (Å²) in [6.45, 7) is 5.34. The monoisotopic (exact) mass is 393 g/mol. The molecule has 2 saturated heterocycles. The number of thiocarbonyl (C=S) groups is 1. The van der Waals surface area contributed by atoms with Crippen LogP contribution in [-0.4, -0.2) is 28.1 Å². The first-order valence-electron chi connectivity index (χ1n) is 10.5. The van der Waals surface area contributed by atoms with Crippen molar-refractivity contribution in [1.82, 2.24) is 10.2 Å². The minimum Gasteiger partial charge on any atom is -0.360 e. The predicted molar refractivity (Wildman–Crippen MR) is 122 cm³/mol. The van der Waals surface area contributed by atoms with E-state index in [2.05, 4.69) is 77.9 Å². The molecule has 2 aromatic carbocycles. The number of fused-ring (bicyclic) bond motifs is 2. The average molecular weight is 394 g/mol. The van der Waals surface area contributed by atoms with Gasteiger partial charge in [-0.25, -0.2) is 0 Å². The summed E-state index contributed by atoms with van der Waals surface area (Å²) < 4.78 is 0. The normalized spacial score (nSPS) is 24.6. The molecule has 2 aliphatic heterocycles. The first kappa shape index (κ1) is 19.4. The second-order valence-electron chi connectivity index (χ2n) is 8.53. The number of nitrogens with zero attached hydrogens (tertiary/aromatic N) is 1. The van der Waals surface area contributed by atoms with E-state index in [1.165, 1.54) is 48.8 Å². The van der Waals surface area contributed by atoms with Gasteiger partial charge in [-0.15, -0.1) is 0 Å². The van der Waals surface area contributed by atoms with Crippen molar-refractivity contribution in [3.63, 3.8) is 0 Å². The third kappa shape index (κ3) is 4.73. The molecule has 0 spiro atoms. The van der Waals surface area contributed by atoms with Crippen LogP contribution in [0.1, 0.15) is 48.8 Å². The zero-order valence-corrected chi connectivity index (χ0v) is 17.8. The summed E-state index contributed by atoms with van der Waals surface area (Å²) in [7, 11) is 0. The number of piperidine rings is 2. The van der Waals surface area contributed by atoms with Crippen LogP contribution in [0.25, 0.3) is 0 Å². The Morgan fingerprint density at radius 1 is 1.00 bits per heavy atom. The summed E-state index contributed by atoms with van der Waals surface area (Å²) in [5.41, 5.74) is 5.08. The number of rotatable bonds is 4. The molecule has 2 atom stereocenters. The van der Waals surface area contributed by atoms with Crippen LogP contribution in [0.5, 0.6) is 0 Å². The minimum absolute atomic E-state index is 0.467. The van der Waals surface area contributed by atoms with Crippen molar-refractivity contribution in [3.8, 4) is 0 Å². The maximum absolute atomic E-state index is 5.60. The van der Waals surface area contributed by atoms with Gasteiger partial charge >= 0.3 is 0 Å². The highest BCUT2D eigenvalue weighted by atomic mass is 32.1. The second kappa shape index (κ2) is 8.62. The molecule has 0 unspecified atom stereocenters. The molecule has 148 valence electrons. The van der Waals surface area contributed by atoms with Crippen molar-refractivity contribution in [1.29, 1.82) is 0 Å². The molecule has 0 radical (unpaired) electrons. The lowest BCUT2D eigenvalue weighted by atomic mass is 9.81. The van der Waals surface area contributed by atoms with Crippen molar-refractivity contribution in [2.75, 3.05) is 5.32 Å². The lowest BCUT2D eigenvalue weighted by molar-refractivity contribution is 0.0212. The topological polar surface area (TPSA) is 27.3 Å². The lowest BCUT2D eigenvalue weighted by Gasteiger charge is -2.49. The first-order valence-corrected chi connectivity index (χ1v) is 10.9. The molecule has 2 bridgehead atoms. The van der Waals surface area contributed by atoms with Crippen LogP contribution in [0.2, 0.25) is 0 Å². The summed E-state index contributed by atoms with van der Waals surface area (Å²) in [5, 5.41) is 7.71. The fourth-order valence-corrected chi connectivity index (χ4v) is 5.12. The van der Waals surface area contributed by atoms with Gasteiger partial charge in [0.25, 0.3) is 0 Å². The number of benzene rings is 2. The van der Waals surface area contributed by atoms with E-state index >= 15 is 0 Å². The van der Waals surface area contributed by atoms with E-state index in [1.54, 1.807) is 0 Å². The standard InChI is InChI=1S/C24H31N3S/c1-17-9-11-19(12-10-17)16-27-22-7-4-8-23(27)15-21(14-22)26-24(28)25-20-6-3-5-18(2)13-20/h3,5-6,9-13,21-23H,4,7-8,14-16H2,1-2H3,(H2,25,26,28)/t22-,23-/m1/s1. The SMILES string of the molecule is Cc1ccc(CN2[C@@H]3CCC[C@@H]2CC(NC(=S)Nc2cccc(C)c2)C3)cc1. The Bertz CT molecular complexity index is 803. The molecule has 28 heavy (non-hydrogen) atoms. The largest absolute Gasteiger partial charge is 0.360 e. The van der Waals surface area contributed by atoms with E-state index in [0.717, 1.165) is 17.3 Å². The summed E-state index contributed by atoms with van der Waals surface area (Å²) in [6.07, 6.45) is 6.33. The van der Waals surface area contributed by atoms with Gasteiger partial charge < -0.3 is 10.6 Å². The Labute approximate surface area is 174 Å². The summed E-state index contributed by atoms with van der Waals surface area (Å²) >= 11 is 5.60. The molecule has 2 aromatic rings. The molecule has 2 heterocycles. The van der Waals surface area contributed by atoms with Crippen LogP contribution in [0.15, 0.2) is 48.5 Å². The van der Waals surface area contributed by atoms with Gasteiger partial charge in [-0.05, 0) is 75.0 Å². The smallest absolute Gasteiger partial charge is 0.170 e. The Morgan fingerprint density at radius 3 is 2.39 bits per heavy atom. The van der Waals surface area contributed by atoms with E-state index in [4.69, 9.17) is 12.2 Å². The molecule has 0 saturated carbocycles. The Hall–Kier alpha value is -1.91. The van der Waals surface area contributed by atoms with Gasteiger partial charge in [-0.3, -0.25) is 4.90 Å². The van der Waals surface area contributed by atoms with Gasteiger partial charge in [-0.1, -0.05) is 48.4 Å². The van der Waals surface area contributed by atoms with Crippen molar-refractivity contribution >= 4 is 23.0 Å². The molecule has 4 rings (SSSR count). The van der Waals surface area contributed by atoms with Gasteiger partial charge in [0, 0.05) is 30.4 Å². The maximum Gasteiger partial charge on any atom is 0.170 e. The van der Waals surface area contributed by atoms with Gasteiger partial charge in [-0.2, -0.15) is 0 Å². The van der Waals surface area contributed by atoms with Crippen LogP contribution >= 0.6 is 12.2 Å². The summed E-state index contributed by atoms with van der Waals surface area (Å²) in [4.78, 5) is 2.75. The van der Waals surface area contributed by atoms with Crippen LogP contribution in [-0.2, 0) is 6.54 Å². The molecular weight excluding hydrogens is 362 g/mol. The van der Waals surface area contributed by atoms with Gasteiger partial charge in [0.15, 0.2) is 5.11 Å². The number of hydrogen-bond acceptors (Lipinski definition) is 2. The Morgan fingerprint density at radius 2 is 1.71 bits per heavy atom. The van der Waals surface area contributed by atoms with E-state index < -0.39 is 0 Å². The average Bonchev–Trinajstić information content (AvgIpc) is 2.64. The molecule has 0 amide bonds. The molecule has 2 N–H and O–H groups in total. The van der Waals surface area contributed by atoms with Gasteiger partial charge in [0.05, 0.1) is 0 Å². The third-order valence-electron chi connectivity index (χ3n) is 6.22. The molecule has 3 nitrogen and oxygen atoms in total. The highest BCUT2D eigenvalue weighted by Crippen LogP contribution is 2.35. The number of anilines is 1. The van der Waals surface area contributed by atoms with E-state index in [-0.39, 0.29) is 0 Å². The number of hydrogen-bond donors (Lipinski definition) is 2. The minimum atomic E-state index is 0.467. The van der Waals surface area contributed by atoms with Crippen LogP contribution in [0, 0.1) is 13.8 Å². The van der Waals surface area contributed by atoms with E-state index in [1.807, 2.05) is 0 Å². The summed E-state index contributed by atoms with van der Waals surface area (Å²) in [6, 6.07) is 19.2. The number of aryl methyl sites for hydroxylation is 2. The lowest BCUT2D eigenvalue weighted by Crippen LogP contribution is -2.56. The fraction of sp³-hybridized carbons (Fsp3) is 0.458. The van der Waals surface area contributed by atoms with Crippen molar-refractivity contribution in [2.24, 2.45) is 0 Å². The Balaban J connectivity index is 1.36. The highest BCUT2D eigenvalue weighted by Gasteiger charge is 2.38. The molecule has 0 aromatic heterocycles. The highest BCUT2D eigenvalue weighted by molar-refractivity contribution is 7.80. The first-order chi connectivity index (χ1) is 13.6. The molecular formula is C24H31N3S. The fourth-order valence-electron chi connectivity index (χ4n) is 4.83. The summed E-state index contributed by atoms with van der Waals surface area (Å²) in [5.74, 6) is 0. The molecule has 2 aliphatic rings. The Kier molecular flexibility index (Phi) is 5.98. The number of nitrogens with one attached hydrogen (secondary N) is 2. The van der Waals surface area contributed by atoms with Crippen LogP contribution < -0.4 is 10.6 Å². The van der Waals surface area contributed by atoms with Crippen molar-refractivity contribution in [2.45, 2.75) is 70.6 Å². The molecule has 2 fully saturated rings. The second-order valence-corrected chi connectivity index (χ2v) is 8.94. The van der Waals surface area contributed by atoms with E-state index in [0.29, 0.717) is 18.1 Å². The van der Waals surface area contributed by atoms with Gasteiger partial charge in [0.2, 0.25) is 0 Å². The van der Waals surface area contributed by atoms with Crippen molar-refractivity contribution in [3.05, 3.63) is 65.2 Å². The predicted octanol–water partition coefficient (Wildman–Crippen LogP) is 5.18.